The lowest BCUT2D eigenvalue weighted by atomic mass is 10.1. The number of likely N-dealkylation sites (tertiary alicyclic amines) is 1. The van der Waals surface area contributed by atoms with Crippen LogP contribution in [-0.4, -0.2) is 36.5 Å². The van der Waals surface area contributed by atoms with Gasteiger partial charge in [-0.2, -0.15) is 0 Å². The van der Waals surface area contributed by atoms with E-state index in [0.29, 0.717) is 43.5 Å². The smallest absolute Gasteiger partial charge is 0.229 e. The standard InChI is InChI=1S/C22H26N2O4/c1-3-27-18-10-11-20(28-4-2)19(13-18)23-22(26)17-12-21(25)24(15-17)14-16-8-6-5-7-9-16/h5-11,13,17H,3-4,12,14-15H2,1-2H3,(H,23,26)/t17-/m1/s1. The molecular weight excluding hydrogens is 356 g/mol. The molecule has 2 aromatic rings. The second-order valence-electron chi connectivity index (χ2n) is 6.67. The number of hydrogen-bond donors (Lipinski definition) is 1. The van der Waals surface area contributed by atoms with Crippen LogP contribution in [0.5, 0.6) is 11.5 Å². The van der Waals surface area contributed by atoms with Crippen LogP contribution in [-0.2, 0) is 16.1 Å². The molecule has 6 nitrogen and oxygen atoms in total. The van der Waals surface area contributed by atoms with Crippen LogP contribution >= 0.6 is 0 Å². The third kappa shape index (κ3) is 4.82. The summed E-state index contributed by atoms with van der Waals surface area (Å²) < 4.78 is 11.1. The summed E-state index contributed by atoms with van der Waals surface area (Å²) in [5, 5.41) is 2.92. The number of amides is 2. The topological polar surface area (TPSA) is 67.9 Å². The number of nitrogens with zero attached hydrogens (tertiary/aromatic N) is 1. The minimum absolute atomic E-state index is 0.00268. The molecule has 28 heavy (non-hydrogen) atoms. The van der Waals surface area contributed by atoms with E-state index < -0.39 is 0 Å². The van der Waals surface area contributed by atoms with Crippen molar-refractivity contribution in [1.82, 2.24) is 4.90 Å². The lowest BCUT2D eigenvalue weighted by molar-refractivity contribution is -0.128. The van der Waals surface area contributed by atoms with Crippen molar-refractivity contribution in [3.05, 3.63) is 54.1 Å². The summed E-state index contributed by atoms with van der Waals surface area (Å²) in [7, 11) is 0. The summed E-state index contributed by atoms with van der Waals surface area (Å²) in [6.45, 7) is 5.75. The predicted octanol–water partition coefficient (Wildman–Crippen LogP) is 3.47. The first-order valence-corrected chi connectivity index (χ1v) is 9.63. The number of rotatable bonds is 8. The zero-order chi connectivity index (χ0) is 19.9. The largest absolute Gasteiger partial charge is 0.494 e. The number of nitrogens with one attached hydrogen (secondary N) is 1. The molecule has 6 heteroatoms. The van der Waals surface area contributed by atoms with Crippen molar-refractivity contribution in [2.45, 2.75) is 26.8 Å². The fourth-order valence-corrected chi connectivity index (χ4v) is 3.28. The van der Waals surface area contributed by atoms with Gasteiger partial charge in [-0.3, -0.25) is 9.59 Å². The minimum atomic E-state index is -0.388. The van der Waals surface area contributed by atoms with Gasteiger partial charge in [-0.05, 0) is 31.5 Å². The molecule has 1 N–H and O–H groups in total. The second-order valence-corrected chi connectivity index (χ2v) is 6.67. The van der Waals surface area contributed by atoms with Crippen LogP contribution in [0.15, 0.2) is 48.5 Å². The Kier molecular flexibility index (Phi) is 6.53. The molecule has 1 aliphatic rings. The summed E-state index contributed by atoms with van der Waals surface area (Å²) >= 11 is 0. The van der Waals surface area contributed by atoms with E-state index in [1.165, 1.54) is 0 Å². The van der Waals surface area contributed by atoms with Crippen LogP contribution in [0.1, 0.15) is 25.8 Å². The van der Waals surface area contributed by atoms with Crippen LogP contribution in [0.4, 0.5) is 5.69 Å². The van der Waals surface area contributed by atoms with Crippen LogP contribution in [0.3, 0.4) is 0 Å². The van der Waals surface area contributed by atoms with Gasteiger partial charge >= 0.3 is 0 Å². The average molecular weight is 382 g/mol. The van der Waals surface area contributed by atoms with Crippen molar-refractivity contribution >= 4 is 17.5 Å². The van der Waals surface area contributed by atoms with Gasteiger partial charge < -0.3 is 19.7 Å². The highest BCUT2D eigenvalue weighted by atomic mass is 16.5. The number of carbonyl (C=O) groups is 2. The Morgan fingerprint density at radius 2 is 1.86 bits per heavy atom. The van der Waals surface area contributed by atoms with E-state index in [-0.39, 0.29) is 24.2 Å². The third-order valence-electron chi connectivity index (χ3n) is 4.62. The molecule has 1 saturated heterocycles. The van der Waals surface area contributed by atoms with E-state index in [1.807, 2.05) is 50.2 Å². The Morgan fingerprint density at radius 3 is 2.57 bits per heavy atom. The number of ether oxygens (including phenoxy) is 2. The molecule has 0 radical (unpaired) electrons. The molecule has 1 heterocycles. The Balaban J connectivity index is 1.67. The van der Waals surface area contributed by atoms with Gasteiger partial charge in [0.15, 0.2) is 0 Å². The molecule has 1 fully saturated rings. The predicted molar refractivity (Wildman–Crippen MR) is 107 cm³/mol. The Labute approximate surface area is 165 Å². The molecule has 1 aliphatic heterocycles. The summed E-state index contributed by atoms with van der Waals surface area (Å²) in [4.78, 5) is 26.9. The van der Waals surface area contributed by atoms with E-state index in [2.05, 4.69) is 5.32 Å². The van der Waals surface area contributed by atoms with E-state index in [1.54, 1.807) is 17.0 Å². The molecule has 148 valence electrons. The fourth-order valence-electron chi connectivity index (χ4n) is 3.28. The van der Waals surface area contributed by atoms with E-state index in [4.69, 9.17) is 9.47 Å². The number of hydrogen-bond acceptors (Lipinski definition) is 4. The Bertz CT molecular complexity index is 823. The van der Waals surface area contributed by atoms with E-state index in [0.717, 1.165) is 5.56 Å². The van der Waals surface area contributed by atoms with Gasteiger partial charge in [0.25, 0.3) is 0 Å². The first kappa shape index (κ1) is 19.7. The quantitative estimate of drug-likeness (QED) is 0.759. The van der Waals surface area contributed by atoms with Crippen molar-refractivity contribution in [2.24, 2.45) is 5.92 Å². The molecule has 0 unspecified atom stereocenters. The number of anilines is 1. The summed E-state index contributed by atoms with van der Waals surface area (Å²) in [6, 6.07) is 15.1. The Morgan fingerprint density at radius 1 is 1.11 bits per heavy atom. The van der Waals surface area contributed by atoms with Gasteiger partial charge in [0, 0.05) is 25.6 Å². The van der Waals surface area contributed by atoms with Crippen LogP contribution in [0, 0.1) is 5.92 Å². The first-order chi connectivity index (χ1) is 13.6. The molecule has 2 amide bonds. The first-order valence-electron chi connectivity index (χ1n) is 9.63. The number of benzene rings is 2. The van der Waals surface area contributed by atoms with Crippen molar-refractivity contribution in [2.75, 3.05) is 25.1 Å². The molecule has 0 spiro atoms. The van der Waals surface area contributed by atoms with Gasteiger partial charge in [-0.15, -0.1) is 0 Å². The zero-order valence-electron chi connectivity index (χ0n) is 16.3. The molecule has 0 bridgehead atoms. The molecule has 0 aromatic heterocycles. The highest BCUT2D eigenvalue weighted by Crippen LogP contribution is 2.31. The maximum atomic E-state index is 12.8. The van der Waals surface area contributed by atoms with E-state index >= 15 is 0 Å². The van der Waals surface area contributed by atoms with Crippen LogP contribution in [0.2, 0.25) is 0 Å². The van der Waals surface area contributed by atoms with Gasteiger partial charge in [0.05, 0.1) is 24.8 Å². The summed E-state index contributed by atoms with van der Waals surface area (Å²) in [5.41, 5.74) is 1.62. The highest BCUT2D eigenvalue weighted by Gasteiger charge is 2.34. The van der Waals surface area contributed by atoms with Gasteiger partial charge in [-0.1, -0.05) is 30.3 Å². The van der Waals surface area contributed by atoms with Gasteiger partial charge in [0.2, 0.25) is 11.8 Å². The minimum Gasteiger partial charge on any atom is -0.494 e. The zero-order valence-corrected chi connectivity index (χ0v) is 16.3. The lowest BCUT2D eigenvalue weighted by Crippen LogP contribution is -2.28. The fraction of sp³-hybridized carbons (Fsp3) is 0.364. The molecule has 2 aromatic carbocycles. The molecule has 1 atom stereocenters. The normalized spacial score (nSPS) is 16.1. The van der Waals surface area contributed by atoms with Crippen molar-refractivity contribution < 1.29 is 19.1 Å². The monoisotopic (exact) mass is 382 g/mol. The molecule has 3 rings (SSSR count). The molecule has 0 aliphatic carbocycles. The maximum absolute atomic E-state index is 12.8. The molecular formula is C22H26N2O4. The maximum Gasteiger partial charge on any atom is 0.229 e. The third-order valence-corrected chi connectivity index (χ3v) is 4.62. The SMILES string of the molecule is CCOc1ccc(OCC)c(NC(=O)[C@@H]2CC(=O)N(Cc3ccccc3)C2)c1. The van der Waals surface area contributed by atoms with Crippen molar-refractivity contribution in [3.8, 4) is 11.5 Å². The molecule has 0 saturated carbocycles. The van der Waals surface area contributed by atoms with E-state index in [9.17, 15) is 9.59 Å². The van der Waals surface area contributed by atoms with Crippen LogP contribution in [0.25, 0.3) is 0 Å². The van der Waals surface area contributed by atoms with Crippen LogP contribution < -0.4 is 14.8 Å². The van der Waals surface area contributed by atoms with Gasteiger partial charge in [-0.25, -0.2) is 0 Å². The van der Waals surface area contributed by atoms with Gasteiger partial charge in [0.1, 0.15) is 11.5 Å². The number of carbonyl (C=O) groups excluding carboxylic acids is 2. The lowest BCUT2D eigenvalue weighted by Gasteiger charge is -2.17. The van der Waals surface area contributed by atoms with Crippen molar-refractivity contribution in [3.63, 3.8) is 0 Å². The second kappa shape index (κ2) is 9.26. The summed E-state index contributed by atoms with van der Waals surface area (Å²) in [5.74, 6) is 0.677. The average Bonchev–Trinajstić information content (AvgIpc) is 3.06. The summed E-state index contributed by atoms with van der Waals surface area (Å²) in [6.07, 6.45) is 0.216. The highest BCUT2D eigenvalue weighted by molar-refractivity contribution is 5.98. The Hall–Kier alpha value is -3.02. The van der Waals surface area contributed by atoms with Crippen molar-refractivity contribution in [1.29, 1.82) is 0 Å².